The van der Waals surface area contributed by atoms with Crippen molar-refractivity contribution in [3.8, 4) is 0 Å². The number of hydrogen-bond acceptors (Lipinski definition) is 4. The average Bonchev–Trinajstić information content (AvgIpc) is 3.46. The molecule has 23 heavy (non-hydrogen) atoms. The lowest BCUT2D eigenvalue weighted by atomic mass is 10.1. The summed E-state index contributed by atoms with van der Waals surface area (Å²) in [7, 11) is 0. The zero-order chi connectivity index (χ0) is 15.8. The van der Waals surface area contributed by atoms with Gasteiger partial charge in [-0.15, -0.1) is 11.3 Å². The fraction of sp³-hybridized carbons (Fsp3) is 0.444. The van der Waals surface area contributed by atoms with Gasteiger partial charge in [0.25, 0.3) is 5.91 Å². The predicted octanol–water partition coefficient (Wildman–Crippen LogP) is 3.56. The molecule has 0 radical (unpaired) electrons. The third-order valence-corrected chi connectivity index (χ3v) is 5.74. The number of aryl methyl sites for hydroxylation is 1. The van der Waals surface area contributed by atoms with Gasteiger partial charge in [0.2, 0.25) is 0 Å². The first-order chi connectivity index (χ1) is 11.2. The van der Waals surface area contributed by atoms with Crippen LogP contribution in [0.5, 0.6) is 0 Å². The van der Waals surface area contributed by atoms with Crippen LogP contribution in [0.1, 0.15) is 45.3 Å². The molecule has 2 saturated carbocycles. The molecule has 120 valence electrons. The van der Waals surface area contributed by atoms with E-state index in [0.29, 0.717) is 12.0 Å². The largest absolute Gasteiger partial charge is 0.321 e. The molecule has 0 saturated heterocycles. The van der Waals surface area contributed by atoms with E-state index in [0.717, 1.165) is 16.5 Å². The van der Waals surface area contributed by atoms with Crippen LogP contribution in [0.2, 0.25) is 0 Å². The molecule has 5 heteroatoms. The summed E-state index contributed by atoms with van der Waals surface area (Å²) in [6.45, 7) is 3.29. The fourth-order valence-corrected chi connectivity index (χ4v) is 4.00. The van der Waals surface area contributed by atoms with Crippen molar-refractivity contribution in [2.45, 2.75) is 38.1 Å². The first-order valence-corrected chi connectivity index (χ1v) is 9.07. The van der Waals surface area contributed by atoms with Crippen molar-refractivity contribution in [2.24, 2.45) is 5.92 Å². The fourth-order valence-electron chi connectivity index (χ4n) is 3.01. The third-order valence-electron chi connectivity index (χ3n) is 4.67. The van der Waals surface area contributed by atoms with Gasteiger partial charge in [-0.2, -0.15) is 0 Å². The Hall–Kier alpha value is -1.72. The number of nitrogens with zero attached hydrogens (tertiary/aromatic N) is 1. The van der Waals surface area contributed by atoms with E-state index in [1.807, 2.05) is 0 Å². The van der Waals surface area contributed by atoms with E-state index in [1.165, 1.54) is 36.2 Å². The first kappa shape index (κ1) is 14.8. The molecule has 2 unspecified atom stereocenters. The van der Waals surface area contributed by atoms with Gasteiger partial charge in [-0.3, -0.25) is 9.78 Å². The number of amides is 1. The lowest BCUT2D eigenvalue weighted by Gasteiger charge is -2.02. The van der Waals surface area contributed by atoms with Gasteiger partial charge < -0.3 is 10.6 Å². The number of thiophene rings is 1. The van der Waals surface area contributed by atoms with Gasteiger partial charge in [-0.1, -0.05) is 0 Å². The van der Waals surface area contributed by atoms with Crippen molar-refractivity contribution in [3.63, 3.8) is 0 Å². The molecule has 2 fully saturated rings. The molecule has 2 heterocycles. The summed E-state index contributed by atoms with van der Waals surface area (Å²) >= 11 is 1.59. The predicted molar refractivity (Wildman–Crippen MR) is 93.1 cm³/mol. The number of hydrogen-bond donors (Lipinski definition) is 2. The number of pyridine rings is 1. The van der Waals surface area contributed by atoms with Gasteiger partial charge in [0, 0.05) is 34.9 Å². The monoisotopic (exact) mass is 327 g/mol. The van der Waals surface area contributed by atoms with Crippen LogP contribution in [0.25, 0.3) is 0 Å². The molecule has 0 aromatic carbocycles. The molecule has 4 nitrogen and oxygen atoms in total. The van der Waals surface area contributed by atoms with Gasteiger partial charge in [-0.05, 0) is 62.4 Å². The Bertz CT molecular complexity index is 708. The van der Waals surface area contributed by atoms with Crippen molar-refractivity contribution in [1.82, 2.24) is 10.3 Å². The SMILES string of the molecule is Cc1sc(C(=O)Nc2ccncc2)cc1C1CC1NCC1CC1. The highest BCUT2D eigenvalue weighted by molar-refractivity contribution is 7.14. The molecule has 2 atom stereocenters. The van der Waals surface area contributed by atoms with E-state index in [1.54, 1.807) is 35.9 Å². The summed E-state index contributed by atoms with van der Waals surface area (Å²) in [6.07, 6.45) is 7.35. The summed E-state index contributed by atoms with van der Waals surface area (Å²) in [6, 6.07) is 6.30. The van der Waals surface area contributed by atoms with Crippen LogP contribution >= 0.6 is 11.3 Å². The minimum atomic E-state index is -0.0290. The van der Waals surface area contributed by atoms with Crippen LogP contribution in [0.3, 0.4) is 0 Å². The maximum Gasteiger partial charge on any atom is 0.265 e. The minimum absolute atomic E-state index is 0.0290. The van der Waals surface area contributed by atoms with Crippen molar-refractivity contribution in [3.05, 3.63) is 45.9 Å². The lowest BCUT2D eigenvalue weighted by molar-refractivity contribution is 0.103. The highest BCUT2D eigenvalue weighted by Gasteiger charge is 2.40. The van der Waals surface area contributed by atoms with Gasteiger partial charge in [0.1, 0.15) is 0 Å². The van der Waals surface area contributed by atoms with Crippen LogP contribution in [0.15, 0.2) is 30.6 Å². The number of rotatable bonds is 6. The summed E-state index contributed by atoms with van der Waals surface area (Å²) < 4.78 is 0. The third kappa shape index (κ3) is 3.46. The summed E-state index contributed by atoms with van der Waals surface area (Å²) in [5, 5.41) is 6.60. The maximum atomic E-state index is 12.4. The minimum Gasteiger partial charge on any atom is -0.321 e. The molecular formula is C18H21N3OS. The zero-order valence-electron chi connectivity index (χ0n) is 13.2. The van der Waals surface area contributed by atoms with Gasteiger partial charge >= 0.3 is 0 Å². The summed E-state index contributed by atoms with van der Waals surface area (Å²) in [5.74, 6) is 1.48. The van der Waals surface area contributed by atoms with Crippen molar-refractivity contribution >= 4 is 22.9 Å². The zero-order valence-corrected chi connectivity index (χ0v) is 14.0. The van der Waals surface area contributed by atoms with E-state index in [2.05, 4.69) is 28.6 Å². The summed E-state index contributed by atoms with van der Waals surface area (Å²) in [5.41, 5.74) is 2.14. The Morgan fingerprint density at radius 2 is 2.13 bits per heavy atom. The summed E-state index contributed by atoms with van der Waals surface area (Å²) in [4.78, 5) is 18.4. The number of anilines is 1. The van der Waals surface area contributed by atoms with Crippen LogP contribution < -0.4 is 10.6 Å². The van der Waals surface area contributed by atoms with E-state index in [4.69, 9.17) is 0 Å². The standard InChI is InChI=1S/C18H21N3OS/c1-11-14(15-8-16(15)20-10-12-2-3-12)9-17(23-11)18(22)21-13-4-6-19-7-5-13/h4-7,9,12,15-16,20H,2-3,8,10H2,1H3,(H,19,21,22). The molecule has 0 aliphatic heterocycles. The Balaban J connectivity index is 1.40. The number of carbonyl (C=O) groups is 1. The molecule has 2 aliphatic carbocycles. The molecule has 1 amide bonds. The average molecular weight is 327 g/mol. The Morgan fingerprint density at radius 3 is 2.87 bits per heavy atom. The number of carbonyl (C=O) groups excluding carboxylic acids is 1. The molecule has 0 bridgehead atoms. The van der Waals surface area contributed by atoms with Gasteiger partial charge in [-0.25, -0.2) is 0 Å². The Morgan fingerprint density at radius 1 is 1.35 bits per heavy atom. The molecular weight excluding hydrogens is 306 g/mol. The second kappa shape index (κ2) is 6.06. The topological polar surface area (TPSA) is 54.0 Å². The number of nitrogens with one attached hydrogen (secondary N) is 2. The van der Waals surface area contributed by atoms with Crippen LogP contribution in [0, 0.1) is 12.8 Å². The highest BCUT2D eigenvalue weighted by atomic mass is 32.1. The quantitative estimate of drug-likeness (QED) is 0.853. The second-order valence-electron chi connectivity index (χ2n) is 6.61. The molecule has 2 aliphatic rings. The first-order valence-electron chi connectivity index (χ1n) is 8.26. The molecule has 0 spiro atoms. The van der Waals surface area contributed by atoms with Crippen molar-refractivity contribution in [2.75, 3.05) is 11.9 Å². The molecule has 2 aromatic rings. The van der Waals surface area contributed by atoms with Crippen LogP contribution in [-0.4, -0.2) is 23.5 Å². The maximum absolute atomic E-state index is 12.4. The molecule has 2 N–H and O–H groups in total. The van der Waals surface area contributed by atoms with Gasteiger partial charge in [0.05, 0.1) is 4.88 Å². The second-order valence-corrected chi connectivity index (χ2v) is 7.87. The smallest absolute Gasteiger partial charge is 0.265 e. The van der Waals surface area contributed by atoms with Crippen LogP contribution in [0.4, 0.5) is 5.69 Å². The highest BCUT2D eigenvalue weighted by Crippen LogP contribution is 2.45. The molecule has 2 aromatic heterocycles. The van der Waals surface area contributed by atoms with Crippen molar-refractivity contribution in [1.29, 1.82) is 0 Å². The van der Waals surface area contributed by atoms with E-state index >= 15 is 0 Å². The molecule has 4 rings (SSSR count). The number of aromatic nitrogens is 1. The van der Waals surface area contributed by atoms with Crippen LogP contribution in [-0.2, 0) is 0 Å². The van der Waals surface area contributed by atoms with Crippen molar-refractivity contribution < 1.29 is 4.79 Å². The van der Waals surface area contributed by atoms with E-state index in [-0.39, 0.29) is 5.91 Å². The van der Waals surface area contributed by atoms with E-state index in [9.17, 15) is 4.79 Å². The van der Waals surface area contributed by atoms with E-state index < -0.39 is 0 Å². The Labute approximate surface area is 140 Å². The Kier molecular flexibility index (Phi) is 3.91. The lowest BCUT2D eigenvalue weighted by Crippen LogP contribution is -2.20. The normalized spacial score (nSPS) is 22.8. The van der Waals surface area contributed by atoms with Gasteiger partial charge in [0.15, 0.2) is 0 Å².